The molecule has 0 aliphatic carbocycles. The first-order chi connectivity index (χ1) is 15.7. The summed E-state index contributed by atoms with van der Waals surface area (Å²) in [6.45, 7) is 7.61. The summed E-state index contributed by atoms with van der Waals surface area (Å²) < 4.78 is 6.82. The number of ether oxygens (including phenoxy) is 1. The minimum Gasteiger partial charge on any atom is -0.461 e. The van der Waals surface area contributed by atoms with E-state index in [1.807, 2.05) is 38.1 Å². The van der Waals surface area contributed by atoms with E-state index in [4.69, 9.17) is 22.1 Å². The van der Waals surface area contributed by atoms with Crippen LogP contribution in [0.2, 0.25) is 5.02 Å². The van der Waals surface area contributed by atoms with Gasteiger partial charge in [0.2, 0.25) is 11.9 Å². The van der Waals surface area contributed by atoms with Crippen molar-refractivity contribution in [1.82, 2.24) is 19.7 Å². The number of nitrogen functional groups attached to an aromatic ring is 1. The molecule has 12 heteroatoms. The highest BCUT2D eigenvalue weighted by molar-refractivity contribution is 7.98. The molecule has 176 valence electrons. The number of thiazole rings is 1. The number of benzene rings is 1. The van der Waals surface area contributed by atoms with Crippen molar-refractivity contribution in [2.75, 3.05) is 17.7 Å². The Kier molecular flexibility index (Phi) is 8.33. The van der Waals surface area contributed by atoms with E-state index in [0.29, 0.717) is 38.2 Å². The summed E-state index contributed by atoms with van der Waals surface area (Å²) in [5.74, 6) is 0.0687. The SMILES string of the molecule is Cc1nc(NC(=O)C(C)n2c(N)nnc2SCc2ccccc2Cl)sc1C(=O)OCC(C)C. The van der Waals surface area contributed by atoms with E-state index in [1.165, 1.54) is 11.8 Å². The topological polar surface area (TPSA) is 125 Å². The van der Waals surface area contributed by atoms with Gasteiger partial charge < -0.3 is 15.8 Å². The van der Waals surface area contributed by atoms with Crippen LogP contribution in [-0.4, -0.2) is 38.2 Å². The lowest BCUT2D eigenvalue weighted by atomic mass is 10.2. The van der Waals surface area contributed by atoms with Crippen molar-refractivity contribution in [3.05, 3.63) is 45.4 Å². The first kappa shape index (κ1) is 25.0. The van der Waals surface area contributed by atoms with Crippen LogP contribution >= 0.6 is 34.7 Å². The van der Waals surface area contributed by atoms with Crippen molar-refractivity contribution in [2.24, 2.45) is 5.92 Å². The minimum absolute atomic E-state index is 0.118. The van der Waals surface area contributed by atoms with Crippen LogP contribution in [0.25, 0.3) is 0 Å². The fourth-order valence-electron chi connectivity index (χ4n) is 2.78. The molecule has 1 atom stereocenters. The maximum atomic E-state index is 12.9. The average molecular weight is 509 g/mol. The third kappa shape index (κ3) is 6.24. The summed E-state index contributed by atoms with van der Waals surface area (Å²) >= 11 is 8.67. The summed E-state index contributed by atoms with van der Waals surface area (Å²) in [7, 11) is 0. The number of halogens is 1. The minimum atomic E-state index is -0.714. The summed E-state index contributed by atoms with van der Waals surface area (Å²) in [4.78, 5) is 29.9. The molecule has 1 aromatic carbocycles. The number of nitrogens with one attached hydrogen (secondary N) is 1. The predicted molar refractivity (Wildman–Crippen MR) is 131 cm³/mol. The van der Waals surface area contributed by atoms with Crippen LogP contribution in [-0.2, 0) is 15.3 Å². The number of thioether (sulfide) groups is 1. The Labute approximate surface area is 205 Å². The number of esters is 1. The van der Waals surface area contributed by atoms with Gasteiger partial charge >= 0.3 is 5.97 Å². The van der Waals surface area contributed by atoms with Gasteiger partial charge in [-0.3, -0.25) is 9.36 Å². The van der Waals surface area contributed by atoms with Gasteiger partial charge in [0.15, 0.2) is 10.3 Å². The zero-order valence-electron chi connectivity index (χ0n) is 18.7. The molecule has 0 saturated heterocycles. The molecule has 0 spiro atoms. The number of aryl methyl sites for hydroxylation is 1. The van der Waals surface area contributed by atoms with Crippen LogP contribution in [0.5, 0.6) is 0 Å². The Balaban J connectivity index is 1.69. The van der Waals surface area contributed by atoms with E-state index >= 15 is 0 Å². The fourth-order valence-corrected chi connectivity index (χ4v) is 4.95. The van der Waals surface area contributed by atoms with Gasteiger partial charge in [0, 0.05) is 10.8 Å². The molecular formula is C21H25ClN6O3S2. The largest absolute Gasteiger partial charge is 0.461 e. The van der Waals surface area contributed by atoms with Crippen LogP contribution in [0.4, 0.5) is 11.1 Å². The molecule has 1 unspecified atom stereocenters. The van der Waals surface area contributed by atoms with Gasteiger partial charge in [-0.05, 0) is 31.4 Å². The monoisotopic (exact) mass is 508 g/mol. The quantitative estimate of drug-likeness (QED) is 0.317. The third-order valence-electron chi connectivity index (χ3n) is 4.53. The van der Waals surface area contributed by atoms with Crippen molar-refractivity contribution in [2.45, 2.75) is 44.6 Å². The lowest BCUT2D eigenvalue weighted by Crippen LogP contribution is -2.25. The highest BCUT2D eigenvalue weighted by Crippen LogP contribution is 2.30. The van der Waals surface area contributed by atoms with Crippen molar-refractivity contribution in [3.63, 3.8) is 0 Å². The number of carbonyl (C=O) groups excluding carboxylic acids is 2. The van der Waals surface area contributed by atoms with E-state index in [2.05, 4.69) is 20.5 Å². The summed E-state index contributed by atoms with van der Waals surface area (Å²) in [6, 6.07) is 6.78. The Hall–Kier alpha value is -2.63. The number of hydrogen-bond acceptors (Lipinski definition) is 9. The lowest BCUT2D eigenvalue weighted by molar-refractivity contribution is -0.118. The summed E-state index contributed by atoms with van der Waals surface area (Å²) in [5.41, 5.74) is 7.43. The normalized spacial score (nSPS) is 12.1. The Morgan fingerprint density at radius 3 is 2.70 bits per heavy atom. The molecule has 1 amide bonds. The van der Waals surface area contributed by atoms with E-state index in [1.54, 1.807) is 18.4 Å². The molecule has 2 heterocycles. The van der Waals surface area contributed by atoms with Crippen LogP contribution < -0.4 is 11.1 Å². The number of aromatic nitrogens is 4. The van der Waals surface area contributed by atoms with Crippen molar-refractivity contribution in [3.8, 4) is 0 Å². The number of anilines is 2. The molecule has 0 saturated carbocycles. The molecule has 33 heavy (non-hydrogen) atoms. The van der Waals surface area contributed by atoms with Crippen LogP contribution in [0.3, 0.4) is 0 Å². The molecule has 3 N–H and O–H groups in total. The molecule has 0 radical (unpaired) electrons. The van der Waals surface area contributed by atoms with E-state index in [9.17, 15) is 9.59 Å². The molecule has 0 fully saturated rings. The summed E-state index contributed by atoms with van der Waals surface area (Å²) in [6.07, 6.45) is 0. The number of rotatable bonds is 9. The van der Waals surface area contributed by atoms with Gasteiger partial charge in [0.1, 0.15) is 10.9 Å². The highest BCUT2D eigenvalue weighted by atomic mass is 35.5. The first-order valence-corrected chi connectivity index (χ1v) is 12.4. The second-order valence-electron chi connectivity index (χ2n) is 7.68. The number of carbonyl (C=O) groups is 2. The highest BCUT2D eigenvalue weighted by Gasteiger charge is 2.25. The maximum absolute atomic E-state index is 12.9. The van der Waals surface area contributed by atoms with Gasteiger partial charge in [-0.25, -0.2) is 9.78 Å². The van der Waals surface area contributed by atoms with Crippen molar-refractivity contribution >= 4 is 57.7 Å². The van der Waals surface area contributed by atoms with Crippen LogP contribution in [0.1, 0.15) is 47.7 Å². The smallest absolute Gasteiger partial charge is 0.350 e. The molecule has 2 aromatic heterocycles. The Morgan fingerprint density at radius 2 is 2.00 bits per heavy atom. The number of nitrogens with two attached hydrogens (primary N) is 1. The fraction of sp³-hybridized carbons (Fsp3) is 0.381. The third-order valence-corrected chi connectivity index (χ3v) is 6.95. The molecule has 9 nitrogen and oxygen atoms in total. The molecule has 0 aliphatic rings. The van der Waals surface area contributed by atoms with Gasteiger partial charge in [-0.15, -0.1) is 10.2 Å². The molecule has 0 bridgehead atoms. The molecule has 3 aromatic rings. The number of nitrogens with zero attached hydrogens (tertiary/aromatic N) is 4. The second-order valence-corrected chi connectivity index (χ2v) is 10.0. The molecule has 0 aliphatic heterocycles. The van der Waals surface area contributed by atoms with Crippen LogP contribution in [0, 0.1) is 12.8 Å². The van der Waals surface area contributed by atoms with Gasteiger partial charge in [-0.2, -0.15) is 0 Å². The van der Waals surface area contributed by atoms with Crippen molar-refractivity contribution in [1.29, 1.82) is 0 Å². The Bertz CT molecular complexity index is 1150. The van der Waals surface area contributed by atoms with Crippen molar-refractivity contribution < 1.29 is 14.3 Å². The molecule has 3 rings (SSSR count). The van der Waals surface area contributed by atoms with Gasteiger partial charge in [-0.1, -0.05) is 66.7 Å². The van der Waals surface area contributed by atoms with Crippen LogP contribution in [0.15, 0.2) is 29.4 Å². The van der Waals surface area contributed by atoms with E-state index in [-0.39, 0.29) is 17.8 Å². The first-order valence-electron chi connectivity index (χ1n) is 10.2. The molecular weight excluding hydrogens is 484 g/mol. The lowest BCUT2D eigenvalue weighted by Gasteiger charge is -2.15. The summed E-state index contributed by atoms with van der Waals surface area (Å²) in [5, 5.41) is 12.2. The number of amides is 1. The maximum Gasteiger partial charge on any atom is 0.350 e. The zero-order chi connectivity index (χ0) is 24.1. The Morgan fingerprint density at radius 1 is 1.27 bits per heavy atom. The standard InChI is InChI=1S/C21H25ClN6O3S2/c1-11(2)9-31-18(30)16-12(3)24-20(33-16)25-17(29)13(4)28-19(23)26-27-21(28)32-10-14-7-5-6-8-15(14)22/h5-8,11,13H,9-10H2,1-4H3,(H2,23,26)(H,24,25,29). The van der Waals surface area contributed by atoms with E-state index in [0.717, 1.165) is 16.9 Å². The zero-order valence-corrected chi connectivity index (χ0v) is 21.1. The average Bonchev–Trinajstić information content (AvgIpc) is 3.32. The second kappa shape index (κ2) is 11.0. The van der Waals surface area contributed by atoms with E-state index < -0.39 is 12.0 Å². The number of hydrogen-bond donors (Lipinski definition) is 2. The predicted octanol–water partition coefficient (Wildman–Crippen LogP) is 4.58. The van der Waals surface area contributed by atoms with Gasteiger partial charge in [0.05, 0.1) is 12.3 Å². The van der Waals surface area contributed by atoms with Gasteiger partial charge in [0.25, 0.3) is 0 Å².